The smallest absolute Gasteiger partial charge is 0.244 e. The average molecular weight is 392 g/mol. The third kappa shape index (κ3) is 4.67. The van der Waals surface area contributed by atoms with Crippen LogP contribution in [0.15, 0.2) is 41.6 Å². The number of nitrogens with zero attached hydrogens (tertiary/aromatic N) is 3. The fraction of sp³-hybridized carbons (Fsp3) is 0.444. The molecule has 2 heterocycles. The highest BCUT2D eigenvalue weighted by atomic mass is 32.2. The summed E-state index contributed by atoms with van der Waals surface area (Å²) in [7, 11) is -0.700. The number of anilines is 1. The van der Waals surface area contributed by atoms with Crippen LogP contribution in [0.1, 0.15) is 12.8 Å². The Hall–Kier alpha value is -2.39. The fourth-order valence-electron chi connectivity index (χ4n) is 3.09. The van der Waals surface area contributed by atoms with E-state index in [1.165, 1.54) is 20.3 Å². The molecule has 0 atom stereocenters. The second-order valence-corrected chi connectivity index (χ2v) is 8.08. The van der Waals surface area contributed by atoms with Gasteiger partial charge >= 0.3 is 0 Å². The van der Waals surface area contributed by atoms with Crippen LogP contribution in [0.4, 0.5) is 5.95 Å². The Morgan fingerprint density at radius 1 is 1.15 bits per heavy atom. The standard InChI is InChI=1S/C18H24N4O4S/c1-25-15-4-5-17(16(12-15)26-2)27(23,24)21-13-14-6-10-22(11-7-14)18-19-8-3-9-20-18/h3-5,8-9,12,14,21H,6-7,10-11,13H2,1-2H3. The van der Waals surface area contributed by atoms with Gasteiger partial charge in [0.2, 0.25) is 16.0 Å². The number of hydrogen-bond acceptors (Lipinski definition) is 7. The second-order valence-electron chi connectivity index (χ2n) is 6.35. The van der Waals surface area contributed by atoms with Gasteiger partial charge in [0.25, 0.3) is 0 Å². The minimum atomic E-state index is -3.66. The van der Waals surface area contributed by atoms with Gasteiger partial charge in [0.05, 0.1) is 14.2 Å². The number of ether oxygens (including phenoxy) is 2. The topological polar surface area (TPSA) is 93.7 Å². The summed E-state index contributed by atoms with van der Waals surface area (Å²) in [5.74, 6) is 1.79. The maximum Gasteiger partial charge on any atom is 0.244 e. The first-order chi connectivity index (χ1) is 13.0. The van der Waals surface area contributed by atoms with E-state index < -0.39 is 10.0 Å². The zero-order valence-corrected chi connectivity index (χ0v) is 16.3. The van der Waals surface area contributed by atoms with E-state index in [-0.39, 0.29) is 16.6 Å². The normalized spacial score (nSPS) is 15.6. The summed E-state index contributed by atoms with van der Waals surface area (Å²) in [6.45, 7) is 2.01. The number of piperidine rings is 1. The number of methoxy groups -OCH3 is 2. The highest BCUT2D eigenvalue weighted by Crippen LogP contribution is 2.28. The van der Waals surface area contributed by atoms with Crippen molar-refractivity contribution in [2.75, 3.05) is 38.8 Å². The van der Waals surface area contributed by atoms with E-state index in [0.717, 1.165) is 31.9 Å². The Kier molecular flexibility index (Phi) is 6.12. The van der Waals surface area contributed by atoms with Gasteiger partial charge in [0.15, 0.2) is 0 Å². The van der Waals surface area contributed by atoms with Gasteiger partial charge in [-0.25, -0.2) is 23.1 Å². The summed E-state index contributed by atoms with van der Waals surface area (Å²) in [4.78, 5) is 10.8. The highest BCUT2D eigenvalue weighted by molar-refractivity contribution is 7.89. The largest absolute Gasteiger partial charge is 0.497 e. The molecule has 0 bridgehead atoms. The molecule has 1 saturated heterocycles. The first kappa shape index (κ1) is 19.4. The monoisotopic (exact) mass is 392 g/mol. The third-order valence-electron chi connectivity index (χ3n) is 4.67. The van der Waals surface area contributed by atoms with E-state index in [4.69, 9.17) is 9.47 Å². The van der Waals surface area contributed by atoms with Gasteiger partial charge in [-0.1, -0.05) is 0 Å². The van der Waals surface area contributed by atoms with Crippen LogP contribution in [0.5, 0.6) is 11.5 Å². The molecule has 1 aromatic heterocycles. The van der Waals surface area contributed by atoms with Gasteiger partial charge in [0, 0.05) is 38.1 Å². The molecule has 9 heteroatoms. The van der Waals surface area contributed by atoms with E-state index in [1.807, 2.05) is 0 Å². The Bertz CT molecular complexity index is 853. The second kappa shape index (κ2) is 8.53. The molecule has 0 saturated carbocycles. The van der Waals surface area contributed by atoms with Gasteiger partial charge in [-0.15, -0.1) is 0 Å². The molecule has 1 fully saturated rings. The van der Waals surface area contributed by atoms with Crippen molar-refractivity contribution >= 4 is 16.0 Å². The van der Waals surface area contributed by atoms with Gasteiger partial charge in [0.1, 0.15) is 16.4 Å². The predicted molar refractivity (Wildman–Crippen MR) is 102 cm³/mol. The summed E-state index contributed by atoms with van der Waals surface area (Å²) in [6.07, 6.45) is 5.20. The predicted octanol–water partition coefficient (Wildman–Crippen LogP) is 1.69. The van der Waals surface area contributed by atoms with Gasteiger partial charge < -0.3 is 14.4 Å². The van der Waals surface area contributed by atoms with Crippen LogP contribution in [0.25, 0.3) is 0 Å². The number of benzene rings is 1. The van der Waals surface area contributed by atoms with Crippen molar-refractivity contribution in [3.05, 3.63) is 36.7 Å². The summed E-state index contributed by atoms with van der Waals surface area (Å²) in [5, 5.41) is 0. The molecule has 8 nitrogen and oxygen atoms in total. The lowest BCUT2D eigenvalue weighted by molar-refractivity contribution is 0.384. The van der Waals surface area contributed by atoms with Crippen LogP contribution < -0.4 is 19.1 Å². The Balaban J connectivity index is 1.59. The molecule has 27 heavy (non-hydrogen) atoms. The molecule has 0 amide bonds. The lowest BCUT2D eigenvalue weighted by Crippen LogP contribution is -2.39. The number of hydrogen-bond donors (Lipinski definition) is 1. The molecule has 1 N–H and O–H groups in total. The molecule has 1 aromatic carbocycles. The van der Waals surface area contributed by atoms with Crippen LogP contribution in [0, 0.1) is 5.92 Å². The van der Waals surface area contributed by atoms with Crippen LogP contribution in [-0.4, -0.2) is 52.2 Å². The van der Waals surface area contributed by atoms with E-state index in [9.17, 15) is 8.42 Å². The first-order valence-corrected chi connectivity index (χ1v) is 10.3. The summed E-state index contributed by atoms with van der Waals surface area (Å²) >= 11 is 0. The van der Waals surface area contributed by atoms with Crippen molar-refractivity contribution in [2.24, 2.45) is 5.92 Å². The minimum Gasteiger partial charge on any atom is -0.497 e. The zero-order valence-electron chi connectivity index (χ0n) is 15.5. The lowest BCUT2D eigenvalue weighted by Gasteiger charge is -2.31. The lowest BCUT2D eigenvalue weighted by atomic mass is 9.97. The van der Waals surface area contributed by atoms with Crippen molar-refractivity contribution in [3.8, 4) is 11.5 Å². The summed E-state index contributed by atoms with van der Waals surface area (Å²) < 4.78 is 38.4. The minimum absolute atomic E-state index is 0.112. The molecule has 2 aromatic rings. The maximum atomic E-state index is 12.7. The number of sulfonamides is 1. The zero-order chi connectivity index (χ0) is 19.3. The molecule has 0 unspecified atom stereocenters. The van der Waals surface area contributed by atoms with Gasteiger partial charge in [-0.05, 0) is 37.0 Å². The third-order valence-corrected chi connectivity index (χ3v) is 6.13. The van der Waals surface area contributed by atoms with Crippen LogP contribution in [0.3, 0.4) is 0 Å². The van der Waals surface area contributed by atoms with Crippen molar-refractivity contribution in [1.82, 2.24) is 14.7 Å². The van der Waals surface area contributed by atoms with Crippen molar-refractivity contribution < 1.29 is 17.9 Å². The first-order valence-electron chi connectivity index (χ1n) is 8.77. The van der Waals surface area contributed by atoms with E-state index in [0.29, 0.717) is 12.3 Å². The Morgan fingerprint density at radius 2 is 1.85 bits per heavy atom. The average Bonchev–Trinajstić information content (AvgIpc) is 2.72. The Morgan fingerprint density at radius 3 is 2.48 bits per heavy atom. The molecule has 1 aliphatic rings. The molecular formula is C18H24N4O4S. The molecule has 1 aliphatic heterocycles. The van der Waals surface area contributed by atoms with E-state index in [1.54, 1.807) is 30.6 Å². The van der Waals surface area contributed by atoms with E-state index in [2.05, 4.69) is 19.6 Å². The Labute approximate surface area is 159 Å². The maximum absolute atomic E-state index is 12.7. The molecule has 0 radical (unpaired) electrons. The van der Waals surface area contributed by atoms with Crippen molar-refractivity contribution in [2.45, 2.75) is 17.7 Å². The van der Waals surface area contributed by atoms with Crippen LogP contribution in [0.2, 0.25) is 0 Å². The summed E-state index contributed by atoms with van der Waals surface area (Å²) in [6, 6.07) is 6.45. The van der Waals surface area contributed by atoms with Crippen molar-refractivity contribution in [3.63, 3.8) is 0 Å². The van der Waals surface area contributed by atoms with Gasteiger partial charge in [-0.3, -0.25) is 0 Å². The fourth-order valence-corrected chi connectivity index (χ4v) is 4.36. The van der Waals surface area contributed by atoms with Crippen LogP contribution >= 0.6 is 0 Å². The number of rotatable bonds is 7. The molecule has 0 spiro atoms. The molecule has 146 valence electrons. The number of aromatic nitrogens is 2. The van der Waals surface area contributed by atoms with Gasteiger partial charge in [-0.2, -0.15) is 0 Å². The molecule has 3 rings (SSSR count). The highest BCUT2D eigenvalue weighted by Gasteiger charge is 2.25. The SMILES string of the molecule is COc1ccc(S(=O)(=O)NCC2CCN(c3ncccn3)CC2)c(OC)c1. The molecular weight excluding hydrogens is 368 g/mol. The quantitative estimate of drug-likeness (QED) is 0.766. The number of nitrogens with one attached hydrogen (secondary N) is 1. The van der Waals surface area contributed by atoms with Crippen LogP contribution in [-0.2, 0) is 10.0 Å². The van der Waals surface area contributed by atoms with E-state index >= 15 is 0 Å². The van der Waals surface area contributed by atoms with Crippen molar-refractivity contribution in [1.29, 1.82) is 0 Å². The summed E-state index contributed by atoms with van der Waals surface area (Å²) in [5.41, 5.74) is 0. The molecule has 0 aliphatic carbocycles.